The van der Waals surface area contributed by atoms with Crippen molar-refractivity contribution in [2.24, 2.45) is 17.6 Å². The summed E-state index contributed by atoms with van der Waals surface area (Å²) in [5.74, 6) is -0.630. The predicted octanol–water partition coefficient (Wildman–Crippen LogP) is -0.228. The first kappa shape index (κ1) is 17.2. The van der Waals surface area contributed by atoms with Crippen LogP contribution in [0.5, 0.6) is 0 Å². The van der Waals surface area contributed by atoms with Gasteiger partial charge in [-0.2, -0.15) is 0 Å². The van der Waals surface area contributed by atoms with Crippen LogP contribution in [-0.4, -0.2) is 61.4 Å². The van der Waals surface area contributed by atoms with Gasteiger partial charge in [-0.05, 0) is 32.6 Å². The molecule has 0 aromatic heterocycles. The number of nitrogens with two attached hydrogens (primary N) is 1. The van der Waals surface area contributed by atoms with Gasteiger partial charge in [-0.1, -0.05) is 0 Å². The summed E-state index contributed by atoms with van der Waals surface area (Å²) in [6.45, 7) is 3.47. The highest BCUT2D eigenvalue weighted by Gasteiger charge is 2.35. The molecule has 2 N–H and O–H groups in total. The fraction of sp³-hybridized carbons (Fsp3) is 0.857. The number of primary amides is 1. The second-order valence-corrected chi connectivity index (χ2v) is 8.36. The molecule has 0 radical (unpaired) electrons. The number of rotatable bonds is 4. The largest absolute Gasteiger partial charge is 0.369 e. The van der Waals surface area contributed by atoms with E-state index in [1.165, 1.54) is 4.31 Å². The topological polar surface area (TPSA) is 101 Å². The highest BCUT2D eigenvalue weighted by Crippen LogP contribution is 2.24. The van der Waals surface area contributed by atoms with Crippen molar-refractivity contribution < 1.29 is 18.0 Å². The number of nitrogens with zero attached hydrogens (tertiary/aromatic N) is 2. The summed E-state index contributed by atoms with van der Waals surface area (Å²) in [6.07, 6.45) is 2.65. The van der Waals surface area contributed by atoms with Crippen molar-refractivity contribution >= 4 is 21.8 Å². The summed E-state index contributed by atoms with van der Waals surface area (Å²) in [7, 11) is -3.24. The van der Waals surface area contributed by atoms with Crippen LogP contribution in [0.4, 0.5) is 0 Å². The van der Waals surface area contributed by atoms with E-state index >= 15 is 0 Å². The van der Waals surface area contributed by atoms with Gasteiger partial charge in [0, 0.05) is 32.1 Å². The third-order valence-corrected chi connectivity index (χ3v) is 6.55. The summed E-state index contributed by atoms with van der Waals surface area (Å²) in [5, 5.41) is 0. The van der Waals surface area contributed by atoms with Crippen LogP contribution in [0.2, 0.25) is 0 Å². The first-order valence-electron chi connectivity index (χ1n) is 7.91. The average molecular weight is 331 g/mol. The third kappa shape index (κ3) is 3.78. The fourth-order valence-electron chi connectivity index (χ4n) is 3.22. The second kappa shape index (κ2) is 6.95. The number of likely N-dealkylation sites (tertiary alicyclic amines) is 1. The van der Waals surface area contributed by atoms with Crippen LogP contribution >= 0.6 is 0 Å². The Hall–Kier alpha value is -1.15. The Labute approximate surface area is 131 Å². The van der Waals surface area contributed by atoms with E-state index in [4.69, 9.17) is 5.73 Å². The number of carbonyl (C=O) groups is 2. The lowest BCUT2D eigenvalue weighted by Gasteiger charge is -2.36. The van der Waals surface area contributed by atoms with Gasteiger partial charge in [-0.15, -0.1) is 0 Å². The van der Waals surface area contributed by atoms with Crippen molar-refractivity contribution in [1.82, 2.24) is 9.21 Å². The Balaban J connectivity index is 1.94. The molecular weight excluding hydrogens is 306 g/mol. The summed E-state index contributed by atoms with van der Waals surface area (Å²) in [5.41, 5.74) is 5.30. The normalized spacial score (nSPS) is 25.1. The lowest BCUT2D eigenvalue weighted by molar-refractivity contribution is -0.139. The minimum atomic E-state index is -3.24. The molecule has 0 aromatic rings. The molecule has 22 heavy (non-hydrogen) atoms. The second-order valence-electron chi connectivity index (χ2n) is 6.10. The van der Waals surface area contributed by atoms with E-state index in [2.05, 4.69) is 0 Å². The van der Waals surface area contributed by atoms with Crippen LogP contribution in [0.1, 0.15) is 32.6 Å². The van der Waals surface area contributed by atoms with Gasteiger partial charge in [0.25, 0.3) is 0 Å². The summed E-state index contributed by atoms with van der Waals surface area (Å²) in [4.78, 5) is 25.5. The molecule has 0 bridgehead atoms. The lowest BCUT2D eigenvalue weighted by atomic mass is 9.93. The predicted molar refractivity (Wildman–Crippen MR) is 82.3 cm³/mol. The third-order valence-electron chi connectivity index (χ3n) is 4.70. The molecule has 1 atom stereocenters. The number of sulfonamides is 1. The van der Waals surface area contributed by atoms with E-state index < -0.39 is 10.0 Å². The molecule has 8 heteroatoms. The number of hydrogen-bond donors (Lipinski definition) is 1. The highest BCUT2D eigenvalue weighted by atomic mass is 32.2. The molecule has 2 fully saturated rings. The smallest absolute Gasteiger partial charge is 0.227 e. The van der Waals surface area contributed by atoms with Crippen LogP contribution in [0.15, 0.2) is 0 Å². The van der Waals surface area contributed by atoms with Crippen molar-refractivity contribution in [2.45, 2.75) is 32.6 Å². The molecule has 2 saturated heterocycles. The van der Waals surface area contributed by atoms with Crippen molar-refractivity contribution in [3.8, 4) is 0 Å². The van der Waals surface area contributed by atoms with Gasteiger partial charge in [0.05, 0.1) is 11.7 Å². The highest BCUT2D eigenvalue weighted by molar-refractivity contribution is 7.89. The summed E-state index contributed by atoms with van der Waals surface area (Å²) < 4.78 is 25.4. The molecule has 2 aliphatic rings. The number of piperidine rings is 2. The fourth-order valence-corrected chi connectivity index (χ4v) is 4.40. The summed E-state index contributed by atoms with van der Waals surface area (Å²) >= 11 is 0. The van der Waals surface area contributed by atoms with E-state index in [0.717, 1.165) is 6.42 Å². The first-order valence-corrected chi connectivity index (χ1v) is 9.52. The maximum Gasteiger partial charge on any atom is 0.227 e. The van der Waals surface area contributed by atoms with Gasteiger partial charge in [-0.25, -0.2) is 12.7 Å². The molecule has 7 nitrogen and oxygen atoms in total. The van der Waals surface area contributed by atoms with Gasteiger partial charge in [-0.3, -0.25) is 9.59 Å². The van der Waals surface area contributed by atoms with E-state index in [9.17, 15) is 18.0 Å². The van der Waals surface area contributed by atoms with E-state index in [1.807, 2.05) is 0 Å². The molecular formula is C14H25N3O4S. The minimum absolute atomic E-state index is 0.0129. The molecule has 2 heterocycles. The van der Waals surface area contributed by atoms with Crippen LogP contribution in [-0.2, 0) is 19.6 Å². The monoisotopic (exact) mass is 331 g/mol. The zero-order valence-corrected chi connectivity index (χ0v) is 13.8. The van der Waals surface area contributed by atoms with Gasteiger partial charge >= 0.3 is 0 Å². The zero-order valence-electron chi connectivity index (χ0n) is 13.0. The minimum Gasteiger partial charge on any atom is -0.369 e. The van der Waals surface area contributed by atoms with Crippen LogP contribution in [0.3, 0.4) is 0 Å². The Bertz CT molecular complexity index is 526. The van der Waals surface area contributed by atoms with Crippen molar-refractivity contribution in [1.29, 1.82) is 0 Å². The van der Waals surface area contributed by atoms with E-state index in [-0.39, 0.29) is 35.9 Å². The Kier molecular flexibility index (Phi) is 5.44. The van der Waals surface area contributed by atoms with Crippen molar-refractivity contribution in [3.63, 3.8) is 0 Å². The molecule has 2 amide bonds. The maximum atomic E-state index is 12.6. The molecule has 0 unspecified atom stereocenters. The van der Waals surface area contributed by atoms with Crippen molar-refractivity contribution in [3.05, 3.63) is 0 Å². The van der Waals surface area contributed by atoms with Crippen LogP contribution < -0.4 is 5.73 Å². The van der Waals surface area contributed by atoms with Crippen LogP contribution in [0, 0.1) is 11.8 Å². The Morgan fingerprint density at radius 1 is 1.09 bits per heavy atom. The van der Waals surface area contributed by atoms with Gasteiger partial charge in [0.2, 0.25) is 21.8 Å². The Morgan fingerprint density at radius 2 is 1.73 bits per heavy atom. The molecule has 0 spiro atoms. The molecule has 0 aliphatic carbocycles. The van der Waals surface area contributed by atoms with Gasteiger partial charge in [0.15, 0.2) is 0 Å². The van der Waals surface area contributed by atoms with Crippen molar-refractivity contribution in [2.75, 3.05) is 31.9 Å². The molecule has 0 aromatic carbocycles. The zero-order chi connectivity index (χ0) is 16.3. The first-order chi connectivity index (χ1) is 10.3. The van der Waals surface area contributed by atoms with Crippen LogP contribution in [0.25, 0.3) is 0 Å². The van der Waals surface area contributed by atoms with E-state index in [0.29, 0.717) is 38.9 Å². The number of hydrogen-bond acceptors (Lipinski definition) is 4. The standard InChI is InChI=1S/C14H25N3O4S/c1-2-22(20,21)17-7-3-4-12(10-17)14(19)16-8-5-11(6-9-16)13(15)18/h11-12H,2-10H2,1H3,(H2,15,18)/t12-/m0/s1. The quantitative estimate of drug-likeness (QED) is 0.769. The number of amides is 2. The van der Waals surface area contributed by atoms with Gasteiger partial charge in [0.1, 0.15) is 0 Å². The molecule has 2 aliphatic heterocycles. The van der Waals surface area contributed by atoms with Gasteiger partial charge < -0.3 is 10.6 Å². The Morgan fingerprint density at radius 3 is 2.27 bits per heavy atom. The maximum absolute atomic E-state index is 12.6. The summed E-state index contributed by atoms with van der Waals surface area (Å²) in [6, 6.07) is 0. The molecule has 126 valence electrons. The molecule has 0 saturated carbocycles. The van der Waals surface area contributed by atoms with E-state index in [1.54, 1.807) is 11.8 Å². The SMILES string of the molecule is CCS(=O)(=O)N1CCC[C@H](C(=O)N2CCC(C(N)=O)CC2)C1. The molecule has 2 rings (SSSR count). The number of carbonyl (C=O) groups excluding carboxylic acids is 2. The average Bonchev–Trinajstić information content (AvgIpc) is 2.54. The lowest BCUT2D eigenvalue weighted by Crippen LogP contribution is -2.49.